The average Bonchev–Trinajstić information content (AvgIpc) is 3.49. The van der Waals surface area contributed by atoms with E-state index in [9.17, 15) is 0 Å². The van der Waals surface area contributed by atoms with Crippen molar-refractivity contribution in [1.82, 2.24) is 8.80 Å². The summed E-state index contributed by atoms with van der Waals surface area (Å²) in [6.07, 6.45) is 0. The second-order valence-electron chi connectivity index (χ2n) is 13.9. The summed E-state index contributed by atoms with van der Waals surface area (Å²) in [5.41, 5.74) is 10.7. The summed E-state index contributed by atoms with van der Waals surface area (Å²) in [4.78, 5) is 0. The fourth-order valence-electron chi connectivity index (χ4n) is 7.02. The Morgan fingerprint density at radius 3 is 1.29 bits per heavy atom. The number of hydrogen-bond acceptors (Lipinski definition) is 2. The normalized spacial score (nSPS) is 13.5. The van der Waals surface area contributed by atoms with Gasteiger partial charge in [0.25, 0.3) is 0 Å². The van der Waals surface area contributed by atoms with Crippen LogP contribution in [0.15, 0.2) is 84.9 Å². The van der Waals surface area contributed by atoms with E-state index >= 15 is 0 Å². The fraction of sp³-hybridized carbons (Fsp3) is 0.211. The van der Waals surface area contributed by atoms with Crippen LogP contribution in [0.4, 0.5) is 0 Å². The zero-order chi connectivity index (χ0) is 28.7. The van der Waals surface area contributed by atoms with Gasteiger partial charge in [-0.15, -0.1) is 22.7 Å². The van der Waals surface area contributed by atoms with Crippen molar-refractivity contribution < 1.29 is 0 Å². The minimum Gasteiger partial charge on any atom is -0.306 e. The lowest BCUT2D eigenvalue weighted by molar-refractivity contribution is 0.591. The van der Waals surface area contributed by atoms with E-state index in [0.29, 0.717) is 0 Å². The van der Waals surface area contributed by atoms with Crippen molar-refractivity contribution in [1.29, 1.82) is 0 Å². The molecule has 0 amide bonds. The Kier molecular flexibility index (Phi) is 4.67. The van der Waals surface area contributed by atoms with E-state index in [-0.39, 0.29) is 10.8 Å². The van der Waals surface area contributed by atoms with Crippen LogP contribution in [0.5, 0.6) is 0 Å². The summed E-state index contributed by atoms with van der Waals surface area (Å²) >= 11 is 3.90. The van der Waals surface area contributed by atoms with E-state index in [4.69, 9.17) is 0 Å². The Morgan fingerprint density at radius 2 is 0.881 bits per heavy atom. The van der Waals surface area contributed by atoms with Crippen LogP contribution in [-0.4, -0.2) is 8.80 Å². The Hall–Kier alpha value is -3.86. The first-order valence-corrected chi connectivity index (χ1v) is 16.4. The summed E-state index contributed by atoms with van der Waals surface area (Å²) in [7, 11) is 0. The predicted octanol–water partition coefficient (Wildman–Crippen LogP) is 11.8. The Balaban J connectivity index is 1.68. The Morgan fingerprint density at radius 1 is 0.476 bits per heavy atom. The van der Waals surface area contributed by atoms with Crippen LogP contribution in [0.1, 0.15) is 52.7 Å². The van der Waals surface area contributed by atoms with Gasteiger partial charge in [0.05, 0.1) is 51.9 Å². The van der Waals surface area contributed by atoms with Gasteiger partial charge in [0.2, 0.25) is 0 Å². The van der Waals surface area contributed by atoms with Crippen molar-refractivity contribution in [2.75, 3.05) is 0 Å². The zero-order valence-electron chi connectivity index (χ0n) is 24.8. The monoisotopic (exact) mass is 580 g/mol. The molecule has 5 aromatic carbocycles. The topological polar surface area (TPSA) is 8.82 Å². The van der Waals surface area contributed by atoms with E-state index in [2.05, 4.69) is 135 Å². The van der Waals surface area contributed by atoms with Gasteiger partial charge < -0.3 is 8.80 Å². The van der Waals surface area contributed by atoms with E-state index in [1.807, 2.05) is 22.7 Å². The molecule has 0 atom stereocenters. The quantitative estimate of drug-likeness (QED) is 0.158. The SMILES string of the molecule is CC(C)(C)c1ccc2c(c1)c1c3sc4ccccc4n4c5ccc(C(C)(C)C)cc5c(c5sc6ccccc6n2c51)c34. The van der Waals surface area contributed by atoms with Gasteiger partial charge in [-0.25, -0.2) is 0 Å². The summed E-state index contributed by atoms with van der Waals surface area (Å²) in [5.74, 6) is 0. The molecule has 4 heteroatoms. The lowest BCUT2D eigenvalue weighted by atomic mass is 9.86. The highest BCUT2D eigenvalue weighted by atomic mass is 32.1. The Labute approximate surface area is 252 Å². The smallest absolute Gasteiger partial charge is 0.0736 e. The number of benzene rings is 5. The van der Waals surface area contributed by atoms with Crippen LogP contribution in [0.3, 0.4) is 0 Å². The molecular formula is C38H32N2S2. The highest BCUT2D eigenvalue weighted by Crippen LogP contribution is 2.51. The maximum absolute atomic E-state index is 2.56. The van der Waals surface area contributed by atoms with Crippen molar-refractivity contribution in [3.63, 3.8) is 0 Å². The molecule has 0 aliphatic heterocycles. The second-order valence-corrected chi connectivity index (χ2v) is 16.0. The van der Waals surface area contributed by atoms with E-state index in [1.165, 1.54) is 84.6 Å². The van der Waals surface area contributed by atoms with Gasteiger partial charge in [0.15, 0.2) is 0 Å². The maximum atomic E-state index is 2.56. The van der Waals surface area contributed by atoms with Crippen molar-refractivity contribution >= 4 is 96.1 Å². The van der Waals surface area contributed by atoms with E-state index in [1.54, 1.807) is 0 Å². The van der Waals surface area contributed by atoms with Crippen molar-refractivity contribution in [3.8, 4) is 0 Å². The van der Waals surface area contributed by atoms with Gasteiger partial charge >= 0.3 is 0 Å². The molecular weight excluding hydrogens is 549 g/mol. The van der Waals surface area contributed by atoms with Crippen LogP contribution >= 0.6 is 22.7 Å². The molecule has 9 rings (SSSR count). The van der Waals surface area contributed by atoms with Crippen molar-refractivity contribution in [3.05, 3.63) is 96.1 Å². The number of nitrogens with zero attached hydrogens (tertiary/aromatic N) is 2. The third-order valence-electron chi connectivity index (χ3n) is 9.19. The van der Waals surface area contributed by atoms with Gasteiger partial charge in [-0.2, -0.15) is 0 Å². The molecule has 2 nitrogen and oxygen atoms in total. The van der Waals surface area contributed by atoms with E-state index < -0.39 is 0 Å². The molecule has 4 heterocycles. The third kappa shape index (κ3) is 3.09. The molecule has 0 aliphatic rings. The number of hydrogen-bond donors (Lipinski definition) is 0. The highest BCUT2D eigenvalue weighted by molar-refractivity contribution is 7.27. The lowest BCUT2D eigenvalue weighted by Crippen LogP contribution is -2.10. The van der Waals surface area contributed by atoms with Crippen LogP contribution < -0.4 is 0 Å². The predicted molar refractivity (Wildman–Crippen MR) is 187 cm³/mol. The molecule has 0 spiro atoms. The molecule has 0 bridgehead atoms. The molecule has 42 heavy (non-hydrogen) atoms. The summed E-state index contributed by atoms with van der Waals surface area (Å²) in [6, 6.07) is 32.3. The molecule has 0 fully saturated rings. The molecule has 0 N–H and O–H groups in total. The maximum Gasteiger partial charge on any atom is 0.0736 e. The highest BCUT2D eigenvalue weighted by Gasteiger charge is 2.27. The van der Waals surface area contributed by atoms with Gasteiger partial charge in [-0.1, -0.05) is 77.9 Å². The Bertz CT molecular complexity index is 2400. The summed E-state index contributed by atoms with van der Waals surface area (Å²) in [6.45, 7) is 13.9. The lowest BCUT2D eigenvalue weighted by Gasteiger charge is -2.19. The second kappa shape index (κ2) is 7.94. The molecule has 9 aromatic rings. The first kappa shape index (κ1) is 24.7. The van der Waals surface area contributed by atoms with Gasteiger partial charge in [0.1, 0.15) is 0 Å². The first-order valence-electron chi connectivity index (χ1n) is 14.8. The van der Waals surface area contributed by atoms with Crippen LogP contribution in [0.25, 0.3) is 73.4 Å². The van der Waals surface area contributed by atoms with Gasteiger partial charge in [-0.05, 0) is 70.5 Å². The first-order chi connectivity index (χ1) is 20.1. The van der Waals surface area contributed by atoms with Crippen LogP contribution in [-0.2, 0) is 10.8 Å². The molecule has 4 aromatic heterocycles. The third-order valence-corrected chi connectivity index (χ3v) is 11.5. The summed E-state index contributed by atoms with van der Waals surface area (Å²) in [5, 5.41) is 5.49. The van der Waals surface area contributed by atoms with E-state index in [0.717, 1.165) is 0 Å². The number of para-hydroxylation sites is 2. The van der Waals surface area contributed by atoms with Crippen molar-refractivity contribution in [2.24, 2.45) is 0 Å². The largest absolute Gasteiger partial charge is 0.306 e. The molecule has 0 aliphatic carbocycles. The molecule has 0 saturated carbocycles. The molecule has 0 radical (unpaired) electrons. The fourth-order valence-corrected chi connectivity index (χ4v) is 9.48. The van der Waals surface area contributed by atoms with Crippen LogP contribution in [0, 0.1) is 0 Å². The number of aromatic nitrogens is 2. The minimum atomic E-state index is 0.0671. The molecule has 0 saturated heterocycles. The van der Waals surface area contributed by atoms with Crippen molar-refractivity contribution in [2.45, 2.75) is 52.4 Å². The average molecular weight is 581 g/mol. The molecule has 206 valence electrons. The summed E-state index contributed by atoms with van der Waals surface area (Å²) < 4.78 is 10.5. The van der Waals surface area contributed by atoms with Gasteiger partial charge in [0, 0.05) is 21.5 Å². The molecule has 0 unspecified atom stereocenters. The standard InChI is InChI=1S/C38H32N2S2/c1-37(2,3)21-15-17-25-23(19-21)31-33-36(42-29-13-9-7-11-27(29)39(25)33)32-24-20-22(38(4,5)6)16-18-26(24)40-28-12-8-10-14-30(28)41-35(31)34(32)40/h7-20H,1-6H3. The van der Waals surface area contributed by atoms with Gasteiger partial charge in [-0.3, -0.25) is 0 Å². The zero-order valence-corrected chi connectivity index (χ0v) is 26.4. The number of fused-ring (bicyclic) bond motifs is 12. The number of rotatable bonds is 0. The van der Waals surface area contributed by atoms with Crippen LogP contribution in [0.2, 0.25) is 0 Å². The minimum absolute atomic E-state index is 0.0671.